The lowest BCUT2D eigenvalue weighted by atomic mass is 10.4. The molecule has 1 aromatic rings. The zero-order valence-electron chi connectivity index (χ0n) is 8.90. The van der Waals surface area contributed by atoms with Crippen LogP contribution in [0.2, 0.25) is 0 Å². The third-order valence-electron chi connectivity index (χ3n) is 1.80. The van der Waals surface area contributed by atoms with Crippen molar-refractivity contribution in [2.45, 2.75) is 6.10 Å². The number of rotatable bonds is 6. The van der Waals surface area contributed by atoms with Gasteiger partial charge in [0.1, 0.15) is 18.0 Å². The summed E-state index contributed by atoms with van der Waals surface area (Å²) >= 11 is 0. The van der Waals surface area contributed by atoms with Gasteiger partial charge >= 0.3 is 0 Å². The third kappa shape index (κ3) is 4.09. The molecule has 0 aromatic carbocycles. The quantitative estimate of drug-likeness (QED) is 0.613. The van der Waals surface area contributed by atoms with Crippen LogP contribution < -0.4 is 10.6 Å². The van der Waals surface area contributed by atoms with E-state index in [0.29, 0.717) is 19.0 Å². The van der Waals surface area contributed by atoms with E-state index in [1.54, 1.807) is 20.2 Å². The highest BCUT2D eigenvalue weighted by molar-refractivity contribution is 5.45. The van der Waals surface area contributed by atoms with E-state index >= 15 is 0 Å². The molecule has 0 radical (unpaired) electrons. The normalized spacial score (nSPS) is 12.2. The zero-order valence-corrected chi connectivity index (χ0v) is 8.90. The van der Waals surface area contributed by atoms with Gasteiger partial charge in [-0.1, -0.05) is 0 Å². The summed E-state index contributed by atoms with van der Waals surface area (Å²) in [5, 5.41) is 15.3. The predicted octanol–water partition coefficient (Wildman–Crippen LogP) is -0.0625. The number of methoxy groups -OCH3 is 1. The number of ether oxygens (including phenoxy) is 1. The van der Waals surface area contributed by atoms with Crippen LogP contribution in [0.25, 0.3) is 0 Å². The fourth-order valence-corrected chi connectivity index (χ4v) is 1.06. The zero-order chi connectivity index (χ0) is 11.1. The molecule has 0 amide bonds. The molecule has 0 bridgehead atoms. The van der Waals surface area contributed by atoms with Gasteiger partial charge in [0.15, 0.2) is 0 Å². The second-order valence-corrected chi connectivity index (χ2v) is 3.03. The third-order valence-corrected chi connectivity index (χ3v) is 1.80. The average molecular weight is 212 g/mol. The highest BCUT2D eigenvalue weighted by atomic mass is 16.5. The van der Waals surface area contributed by atoms with Crippen LogP contribution in [-0.4, -0.2) is 48.5 Å². The van der Waals surface area contributed by atoms with E-state index < -0.39 is 6.10 Å². The molecule has 6 heteroatoms. The summed E-state index contributed by atoms with van der Waals surface area (Å²) in [5.41, 5.74) is 0. The van der Waals surface area contributed by atoms with Gasteiger partial charge in [-0.05, 0) is 0 Å². The number of hydrogen-bond acceptors (Lipinski definition) is 6. The molecule has 0 fully saturated rings. The first-order valence-corrected chi connectivity index (χ1v) is 4.67. The summed E-state index contributed by atoms with van der Waals surface area (Å²) in [5.74, 6) is 1.40. The van der Waals surface area contributed by atoms with E-state index in [2.05, 4.69) is 20.6 Å². The van der Waals surface area contributed by atoms with Gasteiger partial charge in [-0.3, -0.25) is 0 Å². The molecule has 0 aliphatic heterocycles. The summed E-state index contributed by atoms with van der Waals surface area (Å²) in [6.45, 7) is 0.699. The maximum absolute atomic E-state index is 9.39. The molecule has 0 saturated heterocycles. The van der Waals surface area contributed by atoms with Crippen LogP contribution >= 0.6 is 0 Å². The van der Waals surface area contributed by atoms with Crippen LogP contribution in [0.3, 0.4) is 0 Å². The second kappa shape index (κ2) is 6.15. The van der Waals surface area contributed by atoms with Crippen LogP contribution in [0.15, 0.2) is 12.4 Å². The molecule has 1 aromatic heterocycles. The molecule has 15 heavy (non-hydrogen) atoms. The molecular formula is C9H16N4O2. The van der Waals surface area contributed by atoms with Crippen molar-refractivity contribution in [2.75, 3.05) is 37.9 Å². The number of hydrogen-bond donors (Lipinski definition) is 3. The molecule has 3 N–H and O–H groups in total. The Bertz CT molecular complexity index is 295. The monoisotopic (exact) mass is 212 g/mol. The van der Waals surface area contributed by atoms with E-state index in [1.165, 1.54) is 6.33 Å². The number of anilines is 2. The van der Waals surface area contributed by atoms with Crippen molar-refractivity contribution in [3.05, 3.63) is 12.4 Å². The van der Waals surface area contributed by atoms with Crippen LogP contribution in [0.5, 0.6) is 0 Å². The van der Waals surface area contributed by atoms with Gasteiger partial charge in [0, 0.05) is 26.8 Å². The highest BCUT2D eigenvalue weighted by Gasteiger charge is 2.03. The minimum absolute atomic E-state index is 0.303. The molecule has 1 rings (SSSR count). The largest absolute Gasteiger partial charge is 0.389 e. The van der Waals surface area contributed by atoms with E-state index in [4.69, 9.17) is 4.74 Å². The molecule has 0 aliphatic carbocycles. The van der Waals surface area contributed by atoms with Gasteiger partial charge in [-0.25, -0.2) is 9.97 Å². The Morgan fingerprint density at radius 1 is 1.47 bits per heavy atom. The molecule has 0 saturated carbocycles. The lowest BCUT2D eigenvalue weighted by Gasteiger charge is -2.11. The van der Waals surface area contributed by atoms with Gasteiger partial charge in [-0.15, -0.1) is 0 Å². The predicted molar refractivity (Wildman–Crippen MR) is 58.0 cm³/mol. The number of aliphatic hydroxyl groups excluding tert-OH is 1. The lowest BCUT2D eigenvalue weighted by molar-refractivity contribution is 0.0727. The summed E-state index contributed by atoms with van der Waals surface area (Å²) in [4.78, 5) is 7.98. The molecule has 0 aliphatic rings. The molecule has 6 nitrogen and oxygen atoms in total. The summed E-state index contributed by atoms with van der Waals surface area (Å²) < 4.78 is 4.80. The summed E-state index contributed by atoms with van der Waals surface area (Å²) in [7, 11) is 3.33. The standard InChI is InChI=1S/C9H16N4O2/c1-10-8-3-9(13-6-12-8)11-4-7(14)5-15-2/h3,6-7,14H,4-5H2,1-2H3,(H2,10,11,12,13). The Kier molecular flexibility index (Phi) is 4.79. The molecule has 84 valence electrons. The minimum Gasteiger partial charge on any atom is -0.389 e. The van der Waals surface area contributed by atoms with Gasteiger partial charge < -0.3 is 20.5 Å². The Morgan fingerprint density at radius 3 is 2.87 bits per heavy atom. The van der Waals surface area contributed by atoms with Crippen molar-refractivity contribution in [3.63, 3.8) is 0 Å². The number of aromatic nitrogens is 2. The summed E-state index contributed by atoms with van der Waals surface area (Å²) in [6, 6.07) is 1.76. The topological polar surface area (TPSA) is 79.3 Å². The minimum atomic E-state index is -0.539. The molecular weight excluding hydrogens is 196 g/mol. The van der Waals surface area contributed by atoms with E-state index in [9.17, 15) is 5.11 Å². The van der Waals surface area contributed by atoms with E-state index in [-0.39, 0.29) is 0 Å². The first-order valence-electron chi connectivity index (χ1n) is 4.67. The summed E-state index contributed by atoms with van der Waals surface area (Å²) in [6.07, 6.45) is 0.916. The van der Waals surface area contributed by atoms with Gasteiger partial charge in [0.05, 0.1) is 12.7 Å². The van der Waals surface area contributed by atoms with Crippen molar-refractivity contribution >= 4 is 11.6 Å². The molecule has 0 spiro atoms. The SMILES string of the molecule is CNc1cc(NCC(O)COC)ncn1. The van der Waals surface area contributed by atoms with Crippen molar-refractivity contribution in [1.29, 1.82) is 0 Å². The molecule has 1 atom stereocenters. The van der Waals surface area contributed by atoms with E-state index in [1.807, 2.05) is 0 Å². The van der Waals surface area contributed by atoms with Crippen LogP contribution in [0, 0.1) is 0 Å². The Hall–Kier alpha value is -1.40. The van der Waals surface area contributed by atoms with Gasteiger partial charge in [-0.2, -0.15) is 0 Å². The fraction of sp³-hybridized carbons (Fsp3) is 0.556. The van der Waals surface area contributed by atoms with Gasteiger partial charge in [0.25, 0.3) is 0 Å². The average Bonchev–Trinajstić information content (AvgIpc) is 2.27. The van der Waals surface area contributed by atoms with Crippen molar-refractivity contribution in [1.82, 2.24) is 9.97 Å². The van der Waals surface area contributed by atoms with E-state index in [0.717, 1.165) is 5.82 Å². The second-order valence-electron chi connectivity index (χ2n) is 3.03. The van der Waals surface area contributed by atoms with Crippen molar-refractivity contribution in [3.8, 4) is 0 Å². The van der Waals surface area contributed by atoms with Crippen LogP contribution in [0.4, 0.5) is 11.6 Å². The fourth-order valence-electron chi connectivity index (χ4n) is 1.06. The first-order chi connectivity index (χ1) is 7.26. The molecule has 1 heterocycles. The van der Waals surface area contributed by atoms with Crippen LogP contribution in [0.1, 0.15) is 0 Å². The smallest absolute Gasteiger partial charge is 0.131 e. The number of nitrogens with zero attached hydrogens (tertiary/aromatic N) is 2. The van der Waals surface area contributed by atoms with Crippen molar-refractivity contribution in [2.24, 2.45) is 0 Å². The number of nitrogens with one attached hydrogen (secondary N) is 2. The maximum Gasteiger partial charge on any atom is 0.131 e. The Balaban J connectivity index is 2.43. The Labute approximate surface area is 88.7 Å². The van der Waals surface area contributed by atoms with Crippen molar-refractivity contribution < 1.29 is 9.84 Å². The maximum atomic E-state index is 9.39. The van der Waals surface area contributed by atoms with Gasteiger partial charge in [0.2, 0.25) is 0 Å². The molecule has 1 unspecified atom stereocenters. The first kappa shape index (κ1) is 11.7. The highest BCUT2D eigenvalue weighted by Crippen LogP contribution is 2.07. The lowest BCUT2D eigenvalue weighted by Crippen LogP contribution is -2.24. The number of aliphatic hydroxyl groups is 1. The van der Waals surface area contributed by atoms with Crippen LogP contribution in [-0.2, 0) is 4.74 Å². The Morgan fingerprint density at radius 2 is 2.20 bits per heavy atom.